The van der Waals surface area contributed by atoms with Gasteiger partial charge in [-0.25, -0.2) is 0 Å². The van der Waals surface area contributed by atoms with Gasteiger partial charge < -0.3 is 10.1 Å². The lowest BCUT2D eigenvalue weighted by Crippen LogP contribution is -2.31. The summed E-state index contributed by atoms with van der Waals surface area (Å²) >= 11 is 0. The largest absolute Gasteiger partial charge is 0.483 e. The summed E-state index contributed by atoms with van der Waals surface area (Å²) in [7, 11) is 0. The minimum Gasteiger partial charge on any atom is -0.483 e. The van der Waals surface area contributed by atoms with Gasteiger partial charge in [0.25, 0.3) is 5.91 Å². The van der Waals surface area contributed by atoms with Crippen LogP contribution in [0.15, 0.2) is 42.5 Å². The van der Waals surface area contributed by atoms with Gasteiger partial charge in [0.1, 0.15) is 12.0 Å². The molecule has 0 aliphatic rings. The van der Waals surface area contributed by atoms with Crippen LogP contribution in [-0.2, 0) is 4.79 Å². The van der Waals surface area contributed by atoms with Gasteiger partial charge in [0, 0.05) is 5.56 Å². The van der Waals surface area contributed by atoms with Crippen molar-refractivity contribution in [3.8, 4) is 5.75 Å². The van der Waals surface area contributed by atoms with E-state index in [-0.39, 0.29) is 18.6 Å². The first-order chi connectivity index (χ1) is 11.0. The Morgan fingerprint density at radius 3 is 2.35 bits per heavy atom. The second-order valence-corrected chi connectivity index (χ2v) is 5.59. The number of carbonyl (C=O) groups excluding carboxylic acids is 2. The average Bonchev–Trinajstić information content (AvgIpc) is 2.54. The van der Waals surface area contributed by atoms with Gasteiger partial charge in [-0.15, -0.1) is 0 Å². The minimum absolute atomic E-state index is 0.0563. The summed E-state index contributed by atoms with van der Waals surface area (Å²) in [5.74, 6) is 0.470. The fourth-order valence-corrected chi connectivity index (χ4v) is 2.53. The van der Waals surface area contributed by atoms with Gasteiger partial charge in [0.2, 0.25) is 0 Å². The monoisotopic (exact) mass is 311 g/mol. The average molecular weight is 311 g/mol. The maximum absolute atomic E-state index is 12.1. The van der Waals surface area contributed by atoms with Gasteiger partial charge in [0.05, 0.1) is 6.04 Å². The van der Waals surface area contributed by atoms with Crippen LogP contribution in [0.1, 0.15) is 40.0 Å². The van der Waals surface area contributed by atoms with Gasteiger partial charge in [0.15, 0.2) is 6.61 Å². The van der Waals surface area contributed by atoms with E-state index in [9.17, 15) is 9.59 Å². The minimum atomic E-state index is -0.181. The van der Waals surface area contributed by atoms with Crippen LogP contribution in [0.3, 0.4) is 0 Å². The van der Waals surface area contributed by atoms with E-state index in [2.05, 4.69) is 5.32 Å². The molecule has 2 aromatic rings. The smallest absolute Gasteiger partial charge is 0.258 e. The molecule has 120 valence electrons. The molecule has 0 radical (unpaired) electrons. The summed E-state index contributed by atoms with van der Waals surface area (Å²) in [6.07, 6.45) is 0.804. The van der Waals surface area contributed by atoms with E-state index >= 15 is 0 Å². The molecule has 0 aliphatic carbocycles. The molecular formula is C19H21NO3. The van der Waals surface area contributed by atoms with E-state index in [1.54, 1.807) is 12.1 Å². The number of carbonyl (C=O) groups is 2. The zero-order valence-electron chi connectivity index (χ0n) is 13.6. The Morgan fingerprint density at radius 2 is 1.78 bits per heavy atom. The normalized spacial score (nSPS) is 11.6. The maximum atomic E-state index is 12.1. The lowest BCUT2D eigenvalue weighted by atomic mass is 10.1. The number of aryl methyl sites for hydroxylation is 2. The number of ether oxygens (including phenoxy) is 1. The van der Waals surface area contributed by atoms with Crippen molar-refractivity contribution in [3.05, 3.63) is 64.7 Å². The second kappa shape index (κ2) is 7.58. The van der Waals surface area contributed by atoms with Crippen LogP contribution in [0.5, 0.6) is 5.75 Å². The number of hydrogen-bond donors (Lipinski definition) is 1. The highest BCUT2D eigenvalue weighted by molar-refractivity contribution is 5.78. The molecular weight excluding hydrogens is 290 g/mol. The highest BCUT2D eigenvalue weighted by atomic mass is 16.5. The predicted molar refractivity (Wildman–Crippen MR) is 89.8 cm³/mol. The van der Waals surface area contributed by atoms with Gasteiger partial charge in [-0.2, -0.15) is 0 Å². The van der Waals surface area contributed by atoms with Crippen molar-refractivity contribution >= 4 is 12.2 Å². The molecule has 0 bridgehead atoms. The summed E-state index contributed by atoms with van der Waals surface area (Å²) in [6, 6.07) is 13.2. The van der Waals surface area contributed by atoms with Crippen molar-refractivity contribution in [2.45, 2.75) is 26.8 Å². The third-order valence-electron chi connectivity index (χ3n) is 3.64. The Kier molecular flexibility index (Phi) is 5.52. The Labute approximate surface area is 136 Å². The fourth-order valence-electron chi connectivity index (χ4n) is 2.53. The van der Waals surface area contributed by atoms with E-state index < -0.39 is 0 Å². The molecule has 4 heteroatoms. The van der Waals surface area contributed by atoms with Gasteiger partial charge in [-0.1, -0.05) is 30.3 Å². The van der Waals surface area contributed by atoms with E-state index in [0.717, 1.165) is 23.0 Å². The van der Waals surface area contributed by atoms with Crippen LogP contribution in [0.2, 0.25) is 0 Å². The lowest BCUT2D eigenvalue weighted by Gasteiger charge is -2.16. The number of hydrogen-bond acceptors (Lipinski definition) is 3. The van der Waals surface area contributed by atoms with E-state index in [0.29, 0.717) is 11.3 Å². The number of benzene rings is 2. The summed E-state index contributed by atoms with van der Waals surface area (Å²) in [6.45, 7) is 5.60. The predicted octanol–water partition coefficient (Wildman–Crippen LogP) is 3.37. The first-order valence-corrected chi connectivity index (χ1v) is 7.54. The molecule has 2 rings (SSSR count). The topological polar surface area (TPSA) is 55.4 Å². The zero-order chi connectivity index (χ0) is 16.8. The fraction of sp³-hybridized carbons (Fsp3) is 0.263. The maximum Gasteiger partial charge on any atom is 0.258 e. The second-order valence-electron chi connectivity index (χ2n) is 5.59. The zero-order valence-corrected chi connectivity index (χ0v) is 13.6. The lowest BCUT2D eigenvalue weighted by molar-refractivity contribution is -0.123. The van der Waals surface area contributed by atoms with E-state index in [1.807, 2.05) is 51.1 Å². The van der Waals surface area contributed by atoms with Crippen molar-refractivity contribution in [1.82, 2.24) is 5.32 Å². The third kappa shape index (κ3) is 4.42. The summed E-state index contributed by atoms with van der Waals surface area (Å²) in [5.41, 5.74) is 3.34. The SMILES string of the molecule is Cc1cc(C=O)cc(C)c1OCC(=O)N[C@@H](C)c1ccccc1. The van der Waals surface area contributed by atoms with Crippen molar-refractivity contribution in [1.29, 1.82) is 0 Å². The highest BCUT2D eigenvalue weighted by Crippen LogP contribution is 2.24. The van der Waals surface area contributed by atoms with Crippen molar-refractivity contribution in [3.63, 3.8) is 0 Å². The van der Waals surface area contributed by atoms with Crippen LogP contribution in [0.4, 0.5) is 0 Å². The Hall–Kier alpha value is -2.62. The Bertz CT molecular complexity index is 672. The first kappa shape index (κ1) is 16.7. The number of nitrogens with one attached hydrogen (secondary N) is 1. The summed E-state index contributed by atoms with van der Waals surface area (Å²) in [5, 5.41) is 2.91. The van der Waals surface area contributed by atoms with E-state index in [1.165, 1.54) is 0 Å². The van der Waals surface area contributed by atoms with Crippen molar-refractivity contribution < 1.29 is 14.3 Å². The first-order valence-electron chi connectivity index (χ1n) is 7.54. The van der Waals surface area contributed by atoms with Crippen LogP contribution in [-0.4, -0.2) is 18.8 Å². The summed E-state index contributed by atoms with van der Waals surface area (Å²) < 4.78 is 5.64. The molecule has 1 N–H and O–H groups in total. The van der Waals surface area contributed by atoms with Crippen molar-refractivity contribution in [2.24, 2.45) is 0 Å². The number of rotatable bonds is 6. The molecule has 2 aromatic carbocycles. The highest BCUT2D eigenvalue weighted by Gasteiger charge is 2.12. The van der Waals surface area contributed by atoms with Crippen LogP contribution < -0.4 is 10.1 Å². The molecule has 0 aromatic heterocycles. The quantitative estimate of drug-likeness (QED) is 0.832. The molecule has 0 saturated carbocycles. The molecule has 1 atom stereocenters. The Morgan fingerprint density at radius 1 is 1.17 bits per heavy atom. The van der Waals surface area contributed by atoms with Crippen molar-refractivity contribution in [2.75, 3.05) is 6.61 Å². The Balaban J connectivity index is 1.96. The summed E-state index contributed by atoms with van der Waals surface area (Å²) in [4.78, 5) is 22.9. The number of aldehydes is 1. The van der Waals surface area contributed by atoms with Crippen LogP contribution in [0, 0.1) is 13.8 Å². The molecule has 0 saturated heterocycles. The molecule has 1 amide bonds. The van der Waals surface area contributed by atoms with Gasteiger partial charge in [-0.05, 0) is 49.6 Å². The standard InChI is InChI=1S/C19H21NO3/c1-13-9-16(11-21)10-14(2)19(13)23-12-18(22)20-15(3)17-7-5-4-6-8-17/h4-11,15H,12H2,1-3H3,(H,20,22)/t15-/m0/s1. The van der Waals surface area contributed by atoms with E-state index in [4.69, 9.17) is 4.74 Å². The molecule has 4 nitrogen and oxygen atoms in total. The molecule has 0 heterocycles. The van der Waals surface area contributed by atoms with Gasteiger partial charge in [-0.3, -0.25) is 9.59 Å². The molecule has 0 spiro atoms. The molecule has 0 fully saturated rings. The van der Waals surface area contributed by atoms with Crippen LogP contribution in [0.25, 0.3) is 0 Å². The van der Waals surface area contributed by atoms with Crippen LogP contribution >= 0.6 is 0 Å². The molecule has 23 heavy (non-hydrogen) atoms. The molecule has 0 aliphatic heterocycles. The number of amides is 1. The molecule has 0 unspecified atom stereocenters. The van der Waals surface area contributed by atoms with Gasteiger partial charge >= 0.3 is 0 Å². The third-order valence-corrected chi connectivity index (χ3v) is 3.64.